The highest BCUT2D eigenvalue weighted by Crippen LogP contribution is 2.38. The lowest BCUT2D eigenvalue weighted by Crippen LogP contribution is -2.63. The zero-order valence-electron chi connectivity index (χ0n) is 36.9. The first-order valence-electron chi connectivity index (χ1n) is 23.1. The summed E-state index contributed by atoms with van der Waals surface area (Å²) in [4.78, 5) is 0. The molecule has 2 N–H and O–H groups in total. The fourth-order valence-corrected chi connectivity index (χ4v) is 8.17. The molecule has 3 rings (SSSR count). The second-order valence-corrected chi connectivity index (χ2v) is 16.7. The molecule has 1 saturated heterocycles. The number of nitrogens with zero attached hydrogens (tertiary/aromatic N) is 2. The highest BCUT2D eigenvalue weighted by atomic mass is 16.6. The molecule has 0 atom stereocenters. The van der Waals surface area contributed by atoms with Crippen molar-refractivity contribution in [2.24, 2.45) is 0 Å². The molecule has 0 bridgehead atoms. The van der Waals surface area contributed by atoms with Gasteiger partial charge in [0.15, 0.2) is 49.2 Å². The topological polar surface area (TPSA) is 77.4 Å². The molecule has 1 aliphatic rings. The molecular weight excluding hydrogens is 701 g/mol. The van der Waals surface area contributed by atoms with E-state index < -0.39 is 0 Å². The number of aryl methyl sites for hydroxylation is 2. The first-order valence-corrected chi connectivity index (χ1v) is 23.1. The molecule has 0 aliphatic carbocycles. The van der Waals surface area contributed by atoms with Crippen LogP contribution in [0.4, 0.5) is 0 Å². The maximum atomic E-state index is 12.0. The van der Waals surface area contributed by atoms with Crippen LogP contribution in [-0.2, 0) is 25.9 Å². The number of piperazine rings is 1. The number of hydroxylamine groups is 6. The van der Waals surface area contributed by atoms with E-state index in [0.717, 1.165) is 83.8 Å². The number of ether oxygens (including phenoxy) is 4. The van der Waals surface area contributed by atoms with Crippen LogP contribution in [0.25, 0.3) is 0 Å². The molecule has 0 radical (unpaired) electrons. The van der Waals surface area contributed by atoms with Gasteiger partial charge in [0.2, 0.25) is 0 Å². The van der Waals surface area contributed by atoms with E-state index in [1.54, 1.807) is 14.2 Å². The Hall–Kier alpha value is -2.52. The summed E-state index contributed by atoms with van der Waals surface area (Å²) in [5.74, 6) is 2.96. The summed E-state index contributed by atoms with van der Waals surface area (Å²) in [5, 5.41) is 24.0. The van der Waals surface area contributed by atoms with E-state index in [1.165, 1.54) is 103 Å². The normalized spacial score (nSPS) is 18.3. The maximum absolute atomic E-state index is 12.0. The average Bonchev–Trinajstić information content (AvgIpc) is 3.20. The SMILES string of the molecule is CCCCCCCCCCCCOc1c(C[N+]2(O)CC[N+](O)(Cc3cc(CC)cc(OC)c3OCCCCCCCCCCCC)CC2)cc(CC)cc1OC. The van der Waals surface area contributed by atoms with Crippen LogP contribution >= 0.6 is 0 Å². The van der Waals surface area contributed by atoms with Crippen LogP contribution in [0.15, 0.2) is 24.3 Å². The van der Waals surface area contributed by atoms with Crippen LogP contribution in [-0.4, -0.2) is 73.3 Å². The van der Waals surface area contributed by atoms with Gasteiger partial charge >= 0.3 is 0 Å². The van der Waals surface area contributed by atoms with Crippen molar-refractivity contribution < 1.29 is 38.7 Å². The van der Waals surface area contributed by atoms with Crippen molar-refractivity contribution >= 4 is 0 Å². The molecule has 320 valence electrons. The standard InChI is InChI=1S/C48H84N2O6/c1-7-11-13-15-17-19-21-23-25-27-33-55-47-43(35-41(9-3)37-45(47)53-5)39-49(51)29-31-50(52,32-30-49)40-44-36-42(10-4)38-46(54-6)48(44)56-34-28-26-24-22-20-18-16-14-12-8-2/h35-38,51-52H,7-34,39-40H2,1-6H3/q+2. The predicted molar refractivity (Wildman–Crippen MR) is 230 cm³/mol. The van der Waals surface area contributed by atoms with Crippen LogP contribution < -0.4 is 18.9 Å². The Balaban J connectivity index is 1.58. The zero-order chi connectivity index (χ0) is 40.5. The van der Waals surface area contributed by atoms with Gasteiger partial charge < -0.3 is 18.9 Å². The van der Waals surface area contributed by atoms with Gasteiger partial charge in [0.1, 0.15) is 13.1 Å². The molecule has 0 spiro atoms. The number of methoxy groups -OCH3 is 2. The molecule has 0 aromatic heterocycles. The van der Waals surface area contributed by atoms with Gasteiger partial charge in [-0.25, -0.2) is 10.4 Å². The highest BCUT2D eigenvalue weighted by molar-refractivity contribution is 5.50. The summed E-state index contributed by atoms with van der Waals surface area (Å²) < 4.78 is 24.3. The van der Waals surface area contributed by atoms with Crippen LogP contribution in [0.5, 0.6) is 23.0 Å². The Morgan fingerprint density at radius 1 is 0.446 bits per heavy atom. The Kier molecular flexibility index (Phi) is 23.3. The number of hydrogen-bond acceptors (Lipinski definition) is 6. The van der Waals surface area contributed by atoms with Crippen LogP contribution in [0.1, 0.15) is 178 Å². The quantitative estimate of drug-likeness (QED) is 0.0568. The minimum atomic E-state index is -0.147. The Morgan fingerprint density at radius 3 is 1.04 bits per heavy atom. The van der Waals surface area contributed by atoms with E-state index in [2.05, 4.69) is 52.0 Å². The van der Waals surface area contributed by atoms with Crippen molar-refractivity contribution in [3.8, 4) is 23.0 Å². The molecule has 2 aromatic rings. The smallest absolute Gasteiger partial charge is 0.170 e. The molecule has 1 aliphatic heterocycles. The third-order valence-corrected chi connectivity index (χ3v) is 11.9. The summed E-state index contributed by atoms with van der Waals surface area (Å²) in [6.07, 6.45) is 27.3. The Morgan fingerprint density at radius 2 is 0.750 bits per heavy atom. The molecule has 8 nitrogen and oxygen atoms in total. The summed E-state index contributed by atoms with van der Waals surface area (Å²) in [5.41, 5.74) is 4.26. The van der Waals surface area contributed by atoms with Gasteiger partial charge in [-0.05, 0) is 61.1 Å². The number of quaternary nitrogens is 2. The van der Waals surface area contributed by atoms with Crippen molar-refractivity contribution in [1.29, 1.82) is 0 Å². The van der Waals surface area contributed by atoms with Gasteiger partial charge in [-0.1, -0.05) is 143 Å². The second kappa shape index (κ2) is 27.2. The van der Waals surface area contributed by atoms with E-state index in [-0.39, 0.29) is 9.29 Å². The largest absolute Gasteiger partial charge is 0.493 e. The van der Waals surface area contributed by atoms with E-state index in [1.807, 2.05) is 0 Å². The maximum Gasteiger partial charge on any atom is 0.170 e. The molecule has 2 aromatic carbocycles. The van der Waals surface area contributed by atoms with Gasteiger partial charge in [0.25, 0.3) is 0 Å². The molecule has 0 unspecified atom stereocenters. The lowest BCUT2D eigenvalue weighted by Gasteiger charge is -2.41. The van der Waals surface area contributed by atoms with Gasteiger partial charge in [0.05, 0.1) is 38.6 Å². The molecule has 8 heteroatoms. The van der Waals surface area contributed by atoms with Gasteiger partial charge in [0, 0.05) is 0 Å². The minimum absolute atomic E-state index is 0.147. The number of rotatable bonds is 32. The molecule has 56 heavy (non-hydrogen) atoms. The summed E-state index contributed by atoms with van der Waals surface area (Å²) in [6, 6.07) is 8.48. The minimum Gasteiger partial charge on any atom is -0.493 e. The Bertz CT molecular complexity index is 1240. The van der Waals surface area contributed by atoms with Crippen LogP contribution in [0.2, 0.25) is 0 Å². The second-order valence-electron chi connectivity index (χ2n) is 16.7. The van der Waals surface area contributed by atoms with Crippen molar-refractivity contribution in [2.75, 3.05) is 53.6 Å². The third kappa shape index (κ3) is 17.1. The number of hydrogen-bond donors (Lipinski definition) is 2. The fraction of sp³-hybridized carbons (Fsp3) is 0.750. The Labute approximate surface area is 343 Å². The zero-order valence-corrected chi connectivity index (χ0v) is 36.9. The first kappa shape index (κ1) is 47.9. The van der Waals surface area contributed by atoms with E-state index >= 15 is 0 Å². The van der Waals surface area contributed by atoms with Crippen molar-refractivity contribution in [3.63, 3.8) is 0 Å². The summed E-state index contributed by atoms with van der Waals surface area (Å²) in [7, 11) is 3.40. The van der Waals surface area contributed by atoms with E-state index in [4.69, 9.17) is 18.9 Å². The van der Waals surface area contributed by atoms with E-state index in [9.17, 15) is 10.4 Å². The molecule has 0 amide bonds. The summed E-state index contributed by atoms with van der Waals surface area (Å²) in [6.45, 7) is 12.6. The monoisotopic (exact) mass is 785 g/mol. The van der Waals surface area contributed by atoms with Crippen molar-refractivity contribution in [1.82, 2.24) is 0 Å². The molecular formula is C48H84N2O6+2. The fourth-order valence-electron chi connectivity index (χ4n) is 8.17. The van der Waals surface area contributed by atoms with E-state index in [0.29, 0.717) is 52.5 Å². The number of unbranched alkanes of at least 4 members (excludes halogenated alkanes) is 18. The first-order chi connectivity index (χ1) is 27.2. The van der Waals surface area contributed by atoms with Gasteiger partial charge in [-0.3, -0.25) is 0 Å². The lowest BCUT2D eigenvalue weighted by atomic mass is 10.0. The van der Waals surface area contributed by atoms with Crippen LogP contribution in [0, 0.1) is 0 Å². The van der Waals surface area contributed by atoms with Crippen molar-refractivity contribution in [2.45, 2.75) is 182 Å². The average molecular weight is 785 g/mol. The summed E-state index contributed by atoms with van der Waals surface area (Å²) >= 11 is 0. The molecule has 1 heterocycles. The van der Waals surface area contributed by atoms with Crippen molar-refractivity contribution in [3.05, 3.63) is 46.5 Å². The third-order valence-electron chi connectivity index (χ3n) is 11.9. The predicted octanol–water partition coefficient (Wildman–Crippen LogP) is 12.6. The van der Waals surface area contributed by atoms with Crippen LogP contribution in [0.3, 0.4) is 0 Å². The molecule has 0 saturated carbocycles. The molecule has 1 fully saturated rings. The number of benzene rings is 2. The van der Waals surface area contributed by atoms with Gasteiger partial charge in [-0.15, -0.1) is 0 Å². The lowest BCUT2D eigenvalue weighted by molar-refractivity contribution is -1.20. The highest BCUT2D eigenvalue weighted by Gasteiger charge is 2.43. The van der Waals surface area contributed by atoms with Gasteiger partial charge in [-0.2, -0.15) is 9.29 Å².